The molecule has 3 aromatic carbocycles. The Balaban J connectivity index is 1.61. The van der Waals surface area contributed by atoms with Gasteiger partial charge in [-0.3, -0.25) is 9.59 Å². The highest BCUT2D eigenvalue weighted by Crippen LogP contribution is 2.28. The molecule has 2 N–H and O–H groups in total. The van der Waals surface area contributed by atoms with Crippen molar-refractivity contribution in [2.24, 2.45) is 5.10 Å². The van der Waals surface area contributed by atoms with E-state index in [-0.39, 0.29) is 18.4 Å². The number of nitrogens with zero attached hydrogens (tertiary/aromatic N) is 1. The number of nitrogens with one attached hydrogen (secondary N) is 2. The van der Waals surface area contributed by atoms with Gasteiger partial charge >= 0.3 is 0 Å². The van der Waals surface area contributed by atoms with E-state index in [0.717, 1.165) is 0 Å². The summed E-state index contributed by atoms with van der Waals surface area (Å²) >= 11 is 0. The lowest BCUT2D eigenvalue weighted by Crippen LogP contribution is -2.20. The first-order chi connectivity index (χ1) is 17.0. The highest BCUT2D eigenvalue weighted by Gasteiger charge is 2.11. The van der Waals surface area contributed by atoms with Crippen LogP contribution in [0.1, 0.15) is 22.8 Å². The maximum Gasteiger partial charge on any atom is 0.271 e. The van der Waals surface area contributed by atoms with E-state index >= 15 is 0 Å². The highest BCUT2D eigenvalue weighted by molar-refractivity contribution is 5.95. The van der Waals surface area contributed by atoms with Crippen molar-refractivity contribution >= 4 is 23.7 Å². The molecule has 3 rings (SSSR count). The summed E-state index contributed by atoms with van der Waals surface area (Å²) in [4.78, 5) is 24.6. The number of amides is 2. The minimum absolute atomic E-state index is 0.220. The van der Waals surface area contributed by atoms with Crippen molar-refractivity contribution < 1.29 is 28.5 Å². The van der Waals surface area contributed by atoms with E-state index in [1.165, 1.54) is 20.4 Å². The van der Waals surface area contributed by atoms with Crippen LogP contribution in [0.25, 0.3) is 0 Å². The van der Waals surface area contributed by atoms with Gasteiger partial charge < -0.3 is 24.3 Å². The van der Waals surface area contributed by atoms with Gasteiger partial charge in [0.25, 0.3) is 11.8 Å². The van der Waals surface area contributed by atoms with Crippen LogP contribution >= 0.6 is 0 Å². The molecular weight excluding hydrogens is 450 g/mol. The van der Waals surface area contributed by atoms with E-state index in [0.29, 0.717) is 46.4 Å². The van der Waals surface area contributed by atoms with Gasteiger partial charge in [0.15, 0.2) is 18.1 Å². The summed E-state index contributed by atoms with van der Waals surface area (Å²) in [6.45, 7) is 2.02. The fourth-order valence-corrected chi connectivity index (χ4v) is 3.06. The number of rotatable bonds is 11. The first-order valence-corrected chi connectivity index (χ1v) is 10.8. The molecule has 3 aromatic rings. The normalized spacial score (nSPS) is 10.5. The van der Waals surface area contributed by atoms with Crippen molar-refractivity contribution in [3.8, 4) is 23.0 Å². The van der Waals surface area contributed by atoms with Gasteiger partial charge in [-0.05, 0) is 61.0 Å². The van der Waals surface area contributed by atoms with Gasteiger partial charge in [0.1, 0.15) is 11.5 Å². The molecule has 0 radical (unpaired) electrons. The molecule has 0 heterocycles. The van der Waals surface area contributed by atoms with E-state index < -0.39 is 0 Å². The third-order valence-electron chi connectivity index (χ3n) is 4.72. The van der Waals surface area contributed by atoms with Gasteiger partial charge in [0, 0.05) is 5.56 Å². The number of hydrogen-bond acceptors (Lipinski definition) is 7. The number of ether oxygens (including phenoxy) is 4. The lowest BCUT2D eigenvalue weighted by molar-refractivity contribution is -0.118. The number of hydrogen-bond donors (Lipinski definition) is 2. The molecule has 0 unspecified atom stereocenters. The number of para-hydroxylation sites is 2. The van der Waals surface area contributed by atoms with Crippen LogP contribution in [0.3, 0.4) is 0 Å². The number of hydrazone groups is 1. The van der Waals surface area contributed by atoms with E-state index in [4.69, 9.17) is 18.9 Å². The van der Waals surface area contributed by atoms with Crippen LogP contribution in [0.4, 0.5) is 5.69 Å². The quantitative estimate of drug-likeness (QED) is 0.321. The van der Waals surface area contributed by atoms with Crippen LogP contribution in [0.15, 0.2) is 71.8 Å². The zero-order valence-electron chi connectivity index (χ0n) is 19.7. The smallest absolute Gasteiger partial charge is 0.271 e. The number of anilines is 1. The molecule has 0 fully saturated rings. The van der Waals surface area contributed by atoms with Crippen LogP contribution in [-0.2, 0) is 4.79 Å². The fourth-order valence-electron chi connectivity index (χ4n) is 3.06. The maximum absolute atomic E-state index is 12.4. The predicted octanol–water partition coefficient (Wildman–Crippen LogP) is 3.88. The second-order valence-electron chi connectivity index (χ2n) is 7.11. The Morgan fingerprint density at radius 3 is 2.49 bits per heavy atom. The Hall–Kier alpha value is -4.53. The molecule has 182 valence electrons. The number of carbonyl (C=O) groups is 2. The number of benzene rings is 3. The Labute approximate surface area is 203 Å². The molecule has 0 atom stereocenters. The maximum atomic E-state index is 12.4. The van der Waals surface area contributed by atoms with Crippen LogP contribution in [0.2, 0.25) is 0 Å². The number of methoxy groups -OCH3 is 2. The Kier molecular flexibility index (Phi) is 9.07. The van der Waals surface area contributed by atoms with E-state index in [1.807, 2.05) is 13.0 Å². The summed E-state index contributed by atoms with van der Waals surface area (Å²) in [6, 6.07) is 19.0. The first kappa shape index (κ1) is 25.1. The molecule has 2 amide bonds. The monoisotopic (exact) mass is 477 g/mol. The zero-order chi connectivity index (χ0) is 25.0. The third kappa shape index (κ3) is 7.23. The second-order valence-corrected chi connectivity index (χ2v) is 7.11. The van der Waals surface area contributed by atoms with Gasteiger partial charge in [-0.2, -0.15) is 5.10 Å². The summed E-state index contributed by atoms with van der Waals surface area (Å²) in [6.07, 6.45) is 1.48. The molecule has 0 aromatic heterocycles. The molecule has 0 aliphatic carbocycles. The molecule has 9 heteroatoms. The van der Waals surface area contributed by atoms with Crippen molar-refractivity contribution in [1.29, 1.82) is 0 Å². The Bertz CT molecular complexity index is 1200. The minimum atomic E-state index is -0.369. The first-order valence-electron chi connectivity index (χ1n) is 10.8. The summed E-state index contributed by atoms with van der Waals surface area (Å²) in [5.41, 5.74) is 4.12. The number of carbonyl (C=O) groups excluding carboxylic acids is 2. The molecule has 0 saturated heterocycles. The van der Waals surface area contributed by atoms with Crippen LogP contribution < -0.4 is 29.7 Å². The fraction of sp³-hybridized carbons (Fsp3) is 0.192. The Morgan fingerprint density at radius 1 is 0.886 bits per heavy atom. The predicted molar refractivity (Wildman–Crippen MR) is 133 cm³/mol. The van der Waals surface area contributed by atoms with Gasteiger partial charge in [0.05, 0.1) is 32.7 Å². The topological polar surface area (TPSA) is 107 Å². The summed E-state index contributed by atoms with van der Waals surface area (Å²) < 4.78 is 21.7. The van der Waals surface area contributed by atoms with Crippen molar-refractivity contribution in [3.63, 3.8) is 0 Å². The molecule has 0 saturated carbocycles. The lowest BCUT2D eigenvalue weighted by atomic mass is 10.2. The highest BCUT2D eigenvalue weighted by atomic mass is 16.5. The minimum Gasteiger partial charge on any atom is -0.497 e. The van der Waals surface area contributed by atoms with Crippen molar-refractivity contribution in [2.75, 3.05) is 32.8 Å². The average Bonchev–Trinajstić information content (AvgIpc) is 2.88. The summed E-state index contributed by atoms with van der Waals surface area (Å²) in [5, 5.41) is 6.76. The molecule has 0 aliphatic rings. The largest absolute Gasteiger partial charge is 0.497 e. The average molecular weight is 478 g/mol. The molecule has 9 nitrogen and oxygen atoms in total. The lowest BCUT2D eigenvalue weighted by Gasteiger charge is -2.13. The molecule has 0 bridgehead atoms. The Morgan fingerprint density at radius 2 is 1.71 bits per heavy atom. The third-order valence-corrected chi connectivity index (χ3v) is 4.72. The molecule has 0 aliphatic heterocycles. The summed E-state index contributed by atoms with van der Waals surface area (Å²) in [5.74, 6) is 1.27. The zero-order valence-corrected chi connectivity index (χ0v) is 19.7. The van der Waals surface area contributed by atoms with Crippen molar-refractivity contribution in [2.45, 2.75) is 6.92 Å². The van der Waals surface area contributed by atoms with E-state index in [2.05, 4.69) is 15.8 Å². The molecule has 0 spiro atoms. The SMILES string of the molecule is CCOc1cc(/C=N\NC(=O)c2cccc(OC)c2)ccc1OCC(=O)Nc1ccccc1OC. The van der Waals surface area contributed by atoms with Gasteiger partial charge in [-0.15, -0.1) is 0 Å². The molecular formula is C26H27N3O6. The van der Waals surface area contributed by atoms with Crippen molar-refractivity contribution in [1.82, 2.24) is 5.43 Å². The van der Waals surface area contributed by atoms with Gasteiger partial charge in [0.2, 0.25) is 0 Å². The molecule has 35 heavy (non-hydrogen) atoms. The van der Waals surface area contributed by atoms with Crippen LogP contribution in [0, 0.1) is 0 Å². The van der Waals surface area contributed by atoms with Crippen LogP contribution in [-0.4, -0.2) is 45.5 Å². The van der Waals surface area contributed by atoms with Gasteiger partial charge in [-0.1, -0.05) is 18.2 Å². The van der Waals surface area contributed by atoms with E-state index in [9.17, 15) is 9.59 Å². The van der Waals surface area contributed by atoms with Crippen molar-refractivity contribution in [3.05, 3.63) is 77.9 Å². The standard InChI is InChI=1S/C26H27N3O6/c1-4-34-24-14-18(16-27-29-26(31)19-8-7-9-20(15-19)32-2)12-13-23(24)35-17-25(30)28-21-10-5-6-11-22(21)33-3/h5-16H,4,17H2,1-3H3,(H,28,30)(H,29,31)/b27-16-. The van der Waals surface area contributed by atoms with Crippen LogP contribution in [0.5, 0.6) is 23.0 Å². The van der Waals surface area contributed by atoms with E-state index in [1.54, 1.807) is 60.7 Å². The summed E-state index contributed by atoms with van der Waals surface area (Å²) in [7, 11) is 3.07. The second kappa shape index (κ2) is 12.6. The van der Waals surface area contributed by atoms with Gasteiger partial charge in [-0.25, -0.2) is 5.43 Å².